The van der Waals surface area contributed by atoms with Gasteiger partial charge in [0.25, 0.3) is 0 Å². The monoisotopic (exact) mass is 264 g/mol. The number of fused-ring (bicyclic) bond motifs is 2. The summed E-state index contributed by atoms with van der Waals surface area (Å²) < 4.78 is 11.8. The molecule has 0 bridgehead atoms. The number of hydrogen-bond donors (Lipinski definition) is 0. The molecule has 1 aliphatic heterocycles. The molecule has 3 rings (SSSR count). The molecule has 0 saturated heterocycles. The standard InChI is InChI=1S/C12H9BrO2/c13-11-10-4-2-1-3-8(10)5-9-6-14-7-15-12(9)11/h1-5H,6-7H2. The Morgan fingerprint density at radius 3 is 3.00 bits per heavy atom. The Morgan fingerprint density at radius 1 is 1.20 bits per heavy atom. The molecule has 0 amide bonds. The van der Waals surface area contributed by atoms with E-state index in [2.05, 4.69) is 34.1 Å². The van der Waals surface area contributed by atoms with Crippen molar-refractivity contribution in [1.29, 1.82) is 0 Å². The van der Waals surface area contributed by atoms with E-state index in [9.17, 15) is 0 Å². The molecule has 0 spiro atoms. The predicted octanol–water partition coefficient (Wildman–Crippen LogP) is 3.47. The highest BCUT2D eigenvalue weighted by Gasteiger charge is 2.16. The van der Waals surface area contributed by atoms with Crippen molar-refractivity contribution in [3.8, 4) is 5.75 Å². The molecular formula is C12H9BrO2. The number of hydrogen-bond acceptors (Lipinski definition) is 2. The average molecular weight is 265 g/mol. The second-order valence-corrected chi connectivity index (χ2v) is 4.30. The fraction of sp³-hybridized carbons (Fsp3) is 0.167. The Kier molecular flexibility index (Phi) is 2.15. The van der Waals surface area contributed by atoms with Gasteiger partial charge in [-0.05, 0) is 32.8 Å². The molecule has 1 heterocycles. The van der Waals surface area contributed by atoms with Crippen LogP contribution in [0.15, 0.2) is 34.8 Å². The van der Waals surface area contributed by atoms with Gasteiger partial charge >= 0.3 is 0 Å². The molecule has 2 aromatic carbocycles. The SMILES string of the molecule is Brc1c2c(cc3ccccc13)COCO2. The number of benzene rings is 2. The Labute approximate surface area is 95.9 Å². The first-order valence-corrected chi connectivity index (χ1v) is 5.56. The molecule has 0 atom stereocenters. The minimum Gasteiger partial charge on any atom is -0.466 e. The lowest BCUT2D eigenvalue weighted by molar-refractivity contribution is -0.0167. The van der Waals surface area contributed by atoms with Crippen molar-refractivity contribution < 1.29 is 9.47 Å². The maximum atomic E-state index is 5.49. The van der Waals surface area contributed by atoms with Gasteiger partial charge in [-0.25, -0.2) is 0 Å². The van der Waals surface area contributed by atoms with Gasteiger partial charge in [0.2, 0.25) is 0 Å². The van der Waals surface area contributed by atoms with Crippen LogP contribution in [-0.2, 0) is 11.3 Å². The summed E-state index contributed by atoms with van der Waals surface area (Å²) in [6.45, 7) is 0.961. The fourth-order valence-electron chi connectivity index (χ4n) is 1.85. The van der Waals surface area contributed by atoms with Crippen LogP contribution in [0.1, 0.15) is 5.56 Å². The summed E-state index contributed by atoms with van der Waals surface area (Å²) in [7, 11) is 0. The smallest absolute Gasteiger partial charge is 0.189 e. The molecule has 0 unspecified atom stereocenters. The lowest BCUT2D eigenvalue weighted by atomic mass is 10.1. The molecule has 3 heteroatoms. The van der Waals surface area contributed by atoms with Crippen LogP contribution >= 0.6 is 15.9 Å². The maximum absolute atomic E-state index is 5.49. The van der Waals surface area contributed by atoms with Crippen LogP contribution in [-0.4, -0.2) is 6.79 Å². The molecule has 0 fully saturated rings. The van der Waals surface area contributed by atoms with E-state index < -0.39 is 0 Å². The number of rotatable bonds is 0. The van der Waals surface area contributed by atoms with Crippen LogP contribution in [0.25, 0.3) is 10.8 Å². The predicted molar refractivity (Wildman–Crippen MR) is 61.9 cm³/mol. The first kappa shape index (κ1) is 9.19. The summed E-state index contributed by atoms with van der Waals surface area (Å²) in [6, 6.07) is 10.4. The van der Waals surface area contributed by atoms with E-state index in [1.54, 1.807) is 0 Å². The third-order valence-electron chi connectivity index (χ3n) is 2.56. The third-order valence-corrected chi connectivity index (χ3v) is 3.35. The zero-order valence-electron chi connectivity index (χ0n) is 8.00. The van der Waals surface area contributed by atoms with E-state index in [4.69, 9.17) is 9.47 Å². The molecule has 2 nitrogen and oxygen atoms in total. The molecule has 0 aromatic heterocycles. The number of halogens is 1. The van der Waals surface area contributed by atoms with Crippen molar-refractivity contribution in [1.82, 2.24) is 0 Å². The van der Waals surface area contributed by atoms with Gasteiger partial charge in [0.1, 0.15) is 5.75 Å². The highest BCUT2D eigenvalue weighted by atomic mass is 79.9. The normalized spacial score (nSPS) is 14.7. The largest absolute Gasteiger partial charge is 0.466 e. The zero-order chi connectivity index (χ0) is 10.3. The molecule has 0 radical (unpaired) electrons. The van der Waals surface area contributed by atoms with Gasteiger partial charge in [-0.15, -0.1) is 0 Å². The van der Waals surface area contributed by atoms with Crippen molar-refractivity contribution in [3.05, 3.63) is 40.4 Å². The molecule has 0 saturated carbocycles. The van der Waals surface area contributed by atoms with E-state index in [-0.39, 0.29) is 0 Å². The van der Waals surface area contributed by atoms with Crippen molar-refractivity contribution in [2.24, 2.45) is 0 Å². The second kappa shape index (κ2) is 3.51. The summed E-state index contributed by atoms with van der Waals surface area (Å²) >= 11 is 3.59. The first-order chi connectivity index (χ1) is 7.36. The van der Waals surface area contributed by atoms with Crippen molar-refractivity contribution in [2.45, 2.75) is 6.61 Å². The molecule has 0 aliphatic carbocycles. The molecule has 76 valence electrons. The van der Waals surface area contributed by atoms with Crippen molar-refractivity contribution in [3.63, 3.8) is 0 Å². The Hall–Kier alpha value is -1.06. The minimum absolute atomic E-state index is 0.337. The van der Waals surface area contributed by atoms with E-state index >= 15 is 0 Å². The summed E-state index contributed by atoms with van der Waals surface area (Å²) in [5.74, 6) is 0.917. The van der Waals surface area contributed by atoms with Gasteiger partial charge in [-0.1, -0.05) is 24.3 Å². The number of ether oxygens (including phenoxy) is 2. The Bertz CT molecular complexity index is 522. The van der Waals surface area contributed by atoms with Crippen LogP contribution in [0.4, 0.5) is 0 Å². The highest BCUT2D eigenvalue weighted by molar-refractivity contribution is 9.10. The minimum atomic E-state index is 0.337. The lowest BCUT2D eigenvalue weighted by Crippen LogP contribution is -2.11. The average Bonchev–Trinajstić information content (AvgIpc) is 2.30. The molecule has 15 heavy (non-hydrogen) atoms. The van der Waals surface area contributed by atoms with E-state index in [1.807, 2.05) is 12.1 Å². The summed E-state index contributed by atoms with van der Waals surface area (Å²) in [4.78, 5) is 0. The Morgan fingerprint density at radius 2 is 2.07 bits per heavy atom. The topological polar surface area (TPSA) is 18.5 Å². The highest BCUT2D eigenvalue weighted by Crippen LogP contribution is 2.38. The van der Waals surface area contributed by atoms with E-state index in [0.29, 0.717) is 13.4 Å². The van der Waals surface area contributed by atoms with Gasteiger partial charge in [0, 0.05) is 5.56 Å². The first-order valence-electron chi connectivity index (χ1n) is 4.77. The maximum Gasteiger partial charge on any atom is 0.189 e. The molecule has 1 aliphatic rings. The van der Waals surface area contributed by atoms with Gasteiger partial charge in [-0.3, -0.25) is 0 Å². The Balaban J connectivity index is 2.36. The van der Waals surface area contributed by atoms with Crippen LogP contribution in [0.3, 0.4) is 0 Å². The van der Waals surface area contributed by atoms with Crippen molar-refractivity contribution >= 4 is 26.7 Å². The summed E-state index contributed by atoms with van der Waals surface area (Å²) in [5.41, 5.74) is 1.10. The molecular weight excluding hydrogens is 256 g/mol. The molecule has 0 N–H and O–H groups in total. The fourth-order valence-corrected chi connectivity index (χ4v) is 2.58. The van der Waals surface area contributed by atoms with E-state index in [1.165, 1.54) is 10.8 Å². The van der Waals surface area contributed by atoms with Crippen LogP contribution in [0.5, 0.6) is 5.75 Å². The van der Waals surface area contributed by atoms with Crippen LogP contribution in [0.2, 0.25) is 0 Å². The van der Waals surface area contributed by atoms with Gasteiger partial charge in [-0.2, -0.15) is 0 Å². The van der Waals surface area contributed by atoms with Crippen LogP contribution in [0, 0.1) is 0 Å². The lowest BCUT2D eigenvalue weighted by Gasteiger charge is -2.20. The third kappa shape index (κ3) is 1.43. The van der Waals surface area contributed by atoms with Crippen LogP contribution < -0.4 is 4.74 Å². The second-order valence-electron chi connectivity index (χ2n) is 3.51. The van der Waals surface area contributed by atoms with Gasteiger partial charge < -0.3 is 9.47 Å². The van der Waals surface area contributed by atoms with Gasteiger partial charge in [0.05, 0.1) is 11.1 Å². The summed E-state index contributed by atoms with van der Waals surface area (Å²) in [5, 5.41) is 2.38. The quantitative estimate of drug-likeness (QED) is 0.726. The van der Waals surface area contributed by atoms with E-state index in [0.717, 1.165) is 15.8 Å². The molecule has 2 aromatic rings. The summed E-state index contributed by atoms with van der Waals surface area (Å²) in [6.07, 6.45) is 0. The van der Waals surface area contributed by atoms with Gasteiger partial charge in [0.15, 0.2) is 6.79 Å². The van der Waals surface area contributed by atoms with Crippen molar-refractivity contribution in [2.75, 3.05) is 6.79 Å². The zero-order valence-corrected chi connectivity index (χ0v) is 9.58.